The van der Waals surface area contributed by atoms with Gasteiger partial charge in [-0.05, 0) is 49.3 Å². The molecule has 0 saturated heterocycles. The minimum atomic E-state index is -4.29. The lowest BCUT2D eigenvalue weighted by Gasteiger charge is -2.21. The fourth-order valence-corrected chi connectivity index (χ4v) is 2.08. The molecule has 6 heteroatoms. The van der Waals surface area contributed by atoms with E-state index in [1.54, 1.807) is 18.2 Å². The molecule has 108 valence electrons. The van der Waals surface area contributed by atoms with Crippen molar-refractivity contribution in [2.24, 2.45) is 5.92 Å². The average molecular weight is 304 g/mol. The maximum atomic E-state index is 12.6. The highest BCUT2D eigenvalue weighted by molar-refractivity contribution is 6.31. The Labute approximate surface area is 119 Å². The molecular weight excluding hydrogens is 291 g/mol. The van der Waals surface area contributed by atoms with Crippen LogP contribution in [0.15, 0.2) is 41.1 Å². The summed E-state index contributed by atoms with van der Waals surface area (Å²) in [7, 11) is 0. The van der Waals surface area contributed by atoms with Crippen LogP contribution in [0.4, 0.5) is 18.9 Å². The Balaban J connectivity index is 2.14. The topological polar surface area (TPSA) is 35.2 Å². The van der Waals surface area contributed by atoms with Crippen molar-refractivity contribution in [3.63, 3.8) is 0 Å². The largest absolute Gasteiger partial charge is 0.456 e. The molecule has 0 fully saturated rings. The van der Waals surface area contributed by atoms with E-state index in [-0.39, 0.29) is 17.2 Å². The van der Waals surface area contributed by atoms with Crippen molar-refractivity contribution < 1.29 is 17.9 Å². The molecule has 0 aliphatic heterocycles. The highest BCUT2D eigenvalue weighted by Crippen LogP contribution is 2.37. The quantitative estimate of drug-likeness (QED) is 0.814. The Hall–Kier alpha value is -1.62. The van der Waals surface area contributed by atoms with Gasteiger partial charge in [-0.2, -0.15) is 13.2 Å². The van der Waals surface area contributed by atoms with Gasteiger partial charge in [-0.3, -0.25) is 0 Å². The smallest absolute Gasteiger partial charge is 0.395 e. The number of benzene rings is 1. The van der Waals surface area contributed by atoms with E-state index in [2.05, 4.69) is 0 Å². The lowest BCUT2D eigenvalue weighted by atomic mass is 9.99. The first-order chi connectivity index (χ1) is 9.27. The minimum Gasteiger partial charge on any atom is -0.456 e. The Morgan fingerprint density at radius 2 is 2.05 bits per heavy atom. The number of allylic oxidation sites excluding steroid dienone is 3. The summed E-state index contributed by atoms with van der Waals surface area (Å²) in [5.74, 6) is -0.841. The predicted molar refractivity (Wildman–Crippen MR) is 72.4 cm³/mol. The van der Waals surface area contributed by atoms with Gasteiger partial charge in [0, 0.05) is 5.69 Å². The minimum absolute atomic E-state index is 0.0342. The molecule has 0 amide bonds. The summed E-state index contributed by atoms with van der Waals surface area (Å²) in [5, 5.41) is -0.0342. The second-order valence-electron chi connectivity index (χ2n) is 4.59. The Morgan fingerprint density at radius 3 is 2.60 bits per heavy atom. The van der Waals surface area contributed by atoms with Crippen LogP contribution in [0.25, 0.3) is 0 Å². The first kappa shape index (κ1) is 14.8. The third-order valence-electron chi connectivity index (χ3n) is 3.03. The molecule has 0 bridgehead atoms. The predicted octanol–water partition coefficient (Wildman–Crippen LogP) is 4.54. The zero-order valence-corrected chi connectivity index (χ0v) is 11.4. The molecule has 20 heavy (non-hydrogen) atoms. The molecular formula is C14H13ClF3NO. The highest BCUT2D eigenvalue weighted by atomic mass is 35.5. The van der Waals surface area contributed by atoms with Crippen LogP contribution in [0, 0.1) is 12.8 Å². The van der Waals surface area contributed by atoms with Crippen LogP contribution in [0.1, 0.15) is 12.0 Å². The number of halogens is 4. The molecule has 2 rings (SSSR count). The van der Waals surface area contributed by atoms with Gasteiger partial charge in [-0.1, -0.05) is 11.6 Å². The van der Waals surface area contributed by atoms with E-state index in [1.165, 1.54) is 6.08 Å². The second kappa shape index (κ2) is 5.40. The van der Waals surface area contributed by atoms with Crippen LogP contribution in [-0.2, 0) is 0 Å². The van der Waals surface area contributed by atoms with Gasteiger partial charge in [0.2, 0.25) is 0 Å². The lowest BCUT2D eigenvalue weighted by Crippen LogP contribution is -2.23. The number of rotatable bonds is 2. The van der Waals surface area contributed by atoms with Crippen molar-refractivity contribution in [2.45, 2.75) is 19.5 Å². The summed E-state index contributed by atoms with van der Waals surface area (Å²) in [6.07, 6.45) is -2.14. The standard InChI is InChI=1S/C14H13ClF3NO/c1-8-6-10(3-4-12(8)19)20-13-5-2-9(7-11(13)15)14(16,17)18/h3-7,9H,2,19H2,1H3. The SMILES string of the molecule is Cc1cc(OC2=CCC(C(F)(F)F)C=C2Cl)ccc1N. The maximum absolute atomic E-state index is 12.6. The fraction of sp³-hybridized carbons (Fsp3) is 0.286. The zero-order chi connectivity index (χ0) is 14.9. The summed E-state index contributed by atoms with van der Waals surface area (Å²) in [6, 6.07) is 5.02. The van der Waals surface area contributed by atoms with Crippen molar-refractivity contribution >= 4 is 17.3 Å². The van der Waals surface area contributed by atoms with Crippen molar-refractivity contribution in [1.29, 1.82) is 0 Å². The number of nitrogens with two attached hydrogens (primary N) is 1. The van der Waals surface area contributed by atoms with Gasteiger partial charge in [0.05, 0.1) is 11.0 Å². The number of anilines is 1. The van der Waals surface area contributed by atoms with Gasteiger partial charge >= 0.3 is 6.18 Å². The Bertz CT molecular complexity index is 578. The Kier molecular flexibility index (Phi) is 3.99. The third kappa shape index (κ3) is 3.28. The molecule has 0 heterocycles. The highest BCUT2D eigenvalue weighted by Gasteiger charge is 2.39. The van der Waals surface area contributed by atoms with Gasteiger partial charge in [0.1, 0.15) is 11.5 Å². The van der Waals surface area contributed by atoms with E-state index >= 15 is 0 Å². The summed E-state index contributed by atoms with van der Waals surface area (Å²) in [4.78, 5) is 0. The van der Waals surface area contributed by atoms with Crippen molar-refractivity contribution in [1.82, 2.24) is 0 Å². The molecule has 0 radical (unpaired) electrons. The molecule has 1 aliphatic carbocycles. The van der Waals surface area contributed by atoms with Gasteiger partial charge in [-0.25, -0.2) is 0 Å². The van der Waals surface area contributed by atoms with Crippen molar-refractivity contribution in [2.75, 3.05) is 5.73 Å². The number of aryl methyl sites for hydroxylation is 1. The molecule has 1 unspecified atom stereocenters. The molecule has 2 nitrogen and oxygen atoms in total. The van der Waals surface area contributed by atoms with E-state index in [4.69, 9.17) is 22.1 Å². The van der Waals surface area contributed by atoms with E-state index in [1.807, 2.05) is 6.92 Å². The first-order valence-electron chi connectivity index (χ1n) is 5.96. The average Bonchev–Trinajstić information content (AvgIpc) is 2.35. The van der Waals surface area contributed by atoms with Crippen LogP contribution < -0.4 is 10.5 Å². The first-order valence-corrected chi connectivity index (χ1v) is 6.33. The molecule has 1 aliphatic rings. The third-order valence-corrected chi connectivity index (χ3v) is 3.34. The number of nitrogen functional groups attached to an aromatic ring is 1. The number of alkyl halides is 3. The van der Waals surface area contributed by atoms with Gasteiger partial charge in [0.25, 0.3) is 0 Å². The van der Waals surface area contributed by atoms with E-state index in [0.29, 0.717) is 11.4 Å². The van der Waals surface area contributed by atoms with Gasteiger partial charge in [-0.15, -0.1) is 0 Å². The summed E-state index contributed by atoms with van der Waals surface area (Å²) in [6.45, 7) is 1.81. The summed E-state index contributed by atoms with van der Waals surface area (Å²) < 4.78 is 43.2. The molecule has 0 saturated carbocycles. The van der Waals surface area contributed by atoms with Crippen molar-refractivity contribution in [3.05, 3.63) is 46.7 Å². The van der Waals surface area contributed by atoms with Crippen LogP contribution >= 0.6 is 11.6 Å². The van der Waals surface area contributed by atoms with Crippen LogP contribution in [0.3, 0.4) is 0 Å². The molecule has 1 aromatic carbocycles. The van der Waals surface area contributed by atoms with E-state index in [9.17, 15) is 13.2 Å². The summed E-state index contributed by atoms with van der Waals surface area (Å²) >= 11 is 5.85. The van der Waals surface area contributed by atoms with Crippen LogP contribution in [0.2, 0.25) is 0 Å². The van der Waals surface area contributed by atoms with Crippen LogP contribution in [0.5, 0.6) is 5.75 Å². The number of hydrogen-bond donors (Lipinski definition) is 1. The molecule has 2 N–H and O–H groups in total. The summed E-state index contributed by atoms with van der Waals surface area (Å²) in [5.41, 5.74) is 7.13. The fourth-order valence-electron chi connectivity index (χ4n) is 1.82. The number of ether oxygens (including phenoxy) is 1. The molecule has 0 aromatic heterocycles. The second-order valence-corrected chi connectivity index (χ2v) is 4.99. The monoisotopic (exact) mass is 303 g/mol. The zero-order valence-electron chi connectivity index (χ0n) is 10.7. The van der Waals surface area contributed by atoms with Crippen LogP contribution in [-0.4, -0.2) is 6.18 Å². The number of hydrogen-bond acceptors (Lipinski definition) is 2. The Morgan fingerprint density at radius 1 is 1.35 bits per heavy atom. The van der Waals surface area contributed by atoms with Gasteiger partial charge in [0.15, 0.2) is 0 Å². The van der Waals surface area contributed by atoms with Gasteiger partial charge < -0.3 is 10.5 Å². The van der Waals surface area contributed by atoms with Crippen molar-refractivity contribution in [3.8, 4) is 5.75 Å². The maximum Gasteiger partial charge on any atom is 0.395 e. The van der Waals surface area contributed by atoms with E-state index in [0.717, 1.165) is 11.6 Å². The normalized spacial score (nSPS) is 19.4. The molecule has 1 atom stereocenters. The molecule has 1 aromatic rings. The molecule has 0 spiro atoms. The lowest BCUT2D eigenvalue weighted by molar-refractivity contribution is -0.160. The van der Waals surface area contributed by atoms with E-state index < -0.39 is 12.1 Å².